The molecule has 2 saturated heterocycles. The van der Waals surface area contributed by atoms with Gasteiger partial charge in [0.1, 0.15) is 12.4 Å². The molecule has 0 N–H and O–H groups in total. The van der Waals surface area contributed by atoms with Gasteiger partial charge < -0.3 is 14.5 Å². The summed E-state index contributed by atoms with van der Waals surface area (Å²) in [5, 5.41) is 0. The van der Waals surface area contributed by atoms with Gasteiger partial charge in [-0.25, -0.2) is 0 Å². The number of likely N-dealkylation sites (tertiary alicyclic amines) is 1. The maximum atomic E-state index is 12.7. The number of ether oxygens (including phenoxy) is 1. The summed E-state index contributed by atoms with van der Waals surface area (Å²) in [6.07, 6.45) is 5.11. The lowest BCUT2D eigenvalue weighted by atomic mass is 10.0. The summed E-state index contributed by atoms with van der Waals surface area (Å²) in [5.41, 5.74) is 0.664. The quantitative estimate of drug-likeness (QED) is 0.706. The topological polar surface area (TPSA) is 53.1 Å². The number of hydrogen-bond donors (Lipinski definition) is 0. The molecule has 2 fully saturated rings. The number of piperidine rings is 1. The Morgan fingerprint density at radius 2 is 1.82 bits per heavy atom. The average Bonchev–Trinajstić information content (AvgIpc) is 2.73. The van der Waals surface area contributed by atoms with Crippen LogP contribution < -0.4 is 4.74 Å². The zero-order valence-corrected chi connectivity index (χ0v) is 16.8. The van der Waals surface area contributed by atoms with Crippen LogP contribution in [0.5, 0.6) is 5.75 Å². The Morgan fingerprint density at radius 1 is 1.11 bits per heavy atom. The second-order valence-corrected chi connectivity index (χ2v) is 7.62. The molecule has 2 aliphatic heterocycles. The fraction of sp³-hybridized carbons (Fsp3) is 0.545. The molecule has 0 radical (unpaired) electrons. The molecule has 6 heteroatoms. The molecule has 2 aliphatic rings. The smallest absolute Gasteiger partial charge is 0.253 e. The molecule has 152 valence electrons. The van der Waals surface area contributed by atoms with E-state index < -0.39 is 0 Å². The molecule has 2 amide bonds. The van der Waals surface area contributed by atoms with Crippen molar-refractivity contribution < 1.29 is 14.3 Å². The molecule has 1 aromatic rings. The average molecular weight is 386 g/mol. The number of carbonyl (C=O) groups excluding carboxylic acids is 2. The van der Waals surface area contributed by atoms with Crippen molar-refractivity contribution >= 4 is 11.8 Å². The van der Waals surface area contributed by atoms with Gasteiger partial charge >= 0.3 is 0 Å². The third-order valence-corrected chi connectivity index (χ3v) is 5.61. The lowest BCUT2D eigenvalue weighted by Crippen LogP contribution is -2.53. The number of amides is 2. The van der Waals surface area contributed by atoms with E-state index in [-0.39, 0.29) is 11.8 Å². The molecule has 0 aliphatic carbocycles. The zero-order chi connectivity index (χ0) is 19.9. The van der Waals surface area contributed by atoms with E-state index in [0.29, 0.717) is 37.8 Å². The highest BCUT2D eigenvalue weighted by atomic mass is 16.5. The van der Waals surface area contributed by atoms with E-state index in [4.69, 9.17) is 4.74 Å². The van der Waals surface area contributed by atoms with Gasteiger partial charge in [-0.15, -0.1) is 0 Å². The van der Waals surface area contributed by atoms with Crippen molar-refractivity contribution in [3.05, 3.63) is 42.5 Å². The van der Waals surface area contributed by atoms with Gasteiger partial charge in [0.05, 0.1) is 6.54 Å². The van der Waals surface area contributed by atoms with E-state index in [1.54, 1.807) is 18.2 Å². The van der Waals surface area contributed by atoms with Crippen molar-refractivity contribution in [2.75, 3.05) is 45.9 Å². The molecule has 2 heterocycles. The highest BCUT2D eigenvalue weighted by Gasteiger charge is 2.27. The minimum atomic E-state index is 0.0332. The van der Waals surface area contributed by atoms with Crippen LogP contribution in [0.25, 0.3) is 0 Å². The number of benzene rings is 1. The van der Waals surface area contributed by atoms with Crippen molar-refractivity contribution in [1.82, 2.24) is 14.7 Å². The summed E-state index contributed by atoms with van der Waals surface area (Å²) < 4.78 is 5.46. The summed E-state index contributed by atoms with van der Waals surface area (Å²) in [5.74, 6) is 0.986. The van der Waals surface area contributed by atoms with Crippen molar-refractivity contribution in [2.24, 2.45) is 0 Å². The molecule has 3 rings (SSSR count). The lowest BCUT2D eigenvalue weighted by Gasteiger charge is -2.38. The molecular weight excluding hydrogens is 354 g/mol. The minimum absolute atomic E-state index is 0.0332. The van der Waals surface area contributed by atoms with E-state index >= 15 is 0 Å². The maximum Gasteiger partial charge on any atom is 0.253 e. The molecule has 1 atom stereocenters. The van der Waals surface area contributed by atoms with Crippen molar-refractivity contribution in [3.8, 4) is 5.75 Å². The van der Waals surface area contributed by atoms with Crippen LogP contribution in [0.3, 0.4) is 0 Å². The molecular formula is C22H31N3O3. The van der Waals surface area contributed by atoms with Crippen molar-refractivity contribution in [1.29, 1.82) is 0 Å². The number of rotatable bonds is 6. The first-order valence-electron chi connectivity index (χ1n) is 10.2. The Balaban J connectivity index is 1.47. The summed E-state index contributed by atoms with van der Waals surface area (Å²) in [6.45, 7) is 10.3. The normalized spacial score (nSPS) is 20.7. The Labute approximate surface area is 167 Å². The van der Waals surface area contributed by atoms with Gasteiger partial charge in [-0.2, -0.15) is 0 Å². The van der Waals surface area contributed by atoms with Crippen LogP contribution in [0.2, 0.25) is 0 Å². The SMILES string of the molecule is C=CCOc1ccc(C(=O)N2CCN(CC(=O)N3CCCCC3C)CC2)cc1. The van der Waals surface area contributed by atoms with Crippen LogP contribution in [0, 0.1) is 0 Å². The molecule has 0 aromatic heterocycles. The molecule has 0 saturated carbocycles. The van der Waals surface area contributed by atoms with Gasteiger partial charge in [0.2, 0.25) is 5.91 Å². The van der Waals surface area contributed by atoms with Crippen LogP contribution in [-0.4, -0.2) is 78.4 Å². The first kappa shape index (κ1) is 20.4. The molecule has 1 aromatic carbocycles. The van der Waals surface area contributed by atoms with Gasteiger partial charge in [0.15, 0.2) is 0 Å². The number of carbonyl (C=O) groups is 2. The second-order valence-electron chi connectivity index (χ2n) is 7.62. The standard InChI is InChI=1S/C22H31N3O3/c1-3-16-28-20-9-7-19(8-10-20)22(27)24-14-12-23(13-15-24)17-21(26)25-11-5-4-6-18(25)2/h3,7-10,18H,1,4-6,11-17H2,2H3. The maximum absolute atomic E-state index is 12.7. The first-order valence-corrected chi connectivity index (χ1v) is 10.2. The molecule has 1 unspecified atom stereocenters. The fourth-order valence-corrected chi connectivity index (χ4v) is 3.89. The number of nitrogens with zero attached hydrogens (tertiary/aromatic N) is 3. The van der Waals surface area contributed by atoms with Gasteiger partial charge in [0, 0.05) is 44.3 Å². The van der Waals surface area contributed by atoms with E-state index in [1.165, 1.54) is 6.42 Å². The molecule has 0 spiro atoms. The van der Waals surface area contributed by atoms with E-state index in [1.807, 2.05) is 21.9 Å². The van der Waals surface area contributed by atoms with Gasteiger partial charge in [-0.1, -0.05) is 12.7 Å². The summed E-state index contributed by atoms with van der Waals surface area (Å²) in [4.78, 5) is 31.4. The first-order chi connectivity index (χ1) is 13.6. The fourth-order valence-electron chi connectivity index (χ4n) is 3.89. The summed E-state index contributed by atoms with van der Waals surface area (Å²) >= 11 is 0. The number of hydrogen-bond acceptors (Lipinski definition) is 4. The Hall–Kier alpha value is -2.34. The molecule has 6 nitrogen and oxygen atoms in total. The van der Waals surface area contributed by atoms with E-state index in [2.05, 4.69) is 18.4 Å². The predicted octanol–water partition coefficient (Wildman–Crippen LogP) is 2.41. The lowest BCUT2D eigenvalue weighted by molar-refractivity contribution is -0.136. The van der Waals surface area contributed by atoms with Gasteiger partial charge in [-0.3, -0.25) is 14.5 Å². The van der Waals surface area contributed by atoms with Crippen LogP contribution in [0.1, 0.15) is 36.5 Å². The van der Waals surface area contributed by atoms with Crippen LogP contribution in [-0.2, 0) is 4.79 Å². The third-order valence-electron chi connectivity index (χ3n) is 5.61. The van der Waals surface area contributed by atoms with Crippen LogP contribution >= 0.6 is 0 Å². The Kier molecular flexibility index (Phi) is 7.09. The van der Waals surface area contributed by atoms with Crippen molar-refractivity contribution in [2.45, 2.75) is 32.2 Å². The predicted molar refractivity (Wildman–Crippen MR) is 110 cm³/mol. The van der Waals surface area contributed by atoms with E-state index in [9.17, 15) is 9.59 Å². The van der Waals surface area contributed by atoms with Crippen LogP contribution in [0.4, 0.5) is 0 Å². The van der Waals surface area contributed by atoms with Gasteiger partial charge in [0.25, 0.3) is 5.91 Å². The monoisotopic (exact) mass is 385 g/mol. The highest BCUT2D eigenvalue weighted by molar-refractivity contribution is 5.94. The van der Waals surface area contributed by atoms with Crippen LogP contribution in [0.15, 0.2) is 36.9 Å². The second kappa shape index (κ2) is 9.73. The number of piperazine rings is 1. The Morgan fingerprint density at radius 3 is 2.46 bits per heavy atom. The molecule has 28 heavy (non-hydrogen) atoms. The largest absolute Gasteiger partial charge is 0.490 e. The van der Waals surface area contributed by atoms with Gasteiger partial charge in [-0.05, 0) is 50.5 Å². The molecule has 0 bridgehead atoms. The zero-order valence-electron chi connectivity index (χ0n) is 16.8. The Bertz CT molecular complexity index is 681. The summed E-state index contributed by atoms with van der Waals surface area (Å²) in [7, 11) is 0. The van der Waals surface area contributed by atoms with E-state index in [0.717, 1.165) is 38.2 Å². The third kappa shape index (κ3) is 5.13. The van der Waals surface area contributed by atoms with Crippen molar-refractivity contribution in [3.63, 3.8) is 0 Å². The summed E-state index contributed by atoms with van der Waals surface area (Å²) in [6, 6.07) is 7.57. The highest BCUT2D eigenvalue weighted by Crippen LogP contribution is 2.18. The minimum Gasteiger partial charge on any atom is -0.490 e.